The molecule has 0 aliphatic rings. The van der Waals surface area contributed by atoms with Gasteiger partial charge >= 0.3 is 0 Å². The number of nitrogens with zero attached hydrogens (tertiary/aromatic N) is 1. The van der Waals surface area contributed by atoms with E-state index in [1.165, 1.54) is 26.5 Å². The lowest BCUT2D eigenvalue weighted by Crippen LogP contribution is -2.34. The minimum atomic E-state index is -0.474. The average molecular weight is 541 g/mol. The lowest BCUT2D eigenvalue weighted by Gasteiger charge is -2.12. The van der Waals surface area contributed by atoms with Crippen LogP contribution < -0.4 is 29.7 Å². The van der Waals surface area contributed by atoms with Crippen molar-refractivity contribution in [1.82, 2.24) is 10.7 Å². The summed E-state index contributed by atoms with van der Waals surface area (Å²) in [5.41, 5.74) is 3.43. The van der Waals surface area contributed by atoms with Gasteiger partial charge in [0, 0.05) is 5.56 Å². The van der Waals surface area contributed by atoms with E-state index in [-0.39, 0.29) is 6.54 Å². The molecule has 0 unspecified atom stereocenters. The van der Waals surface area contributed by atoms with E-state index in [0.717, 1.165) is 9.13 Å². The molecule has 31 heavy (non-hydrogen) atoms. The fourth-order valence-corrected chi connectivity index (χ4v) is 3.34. The Labute approximate surface area is 194 Å². The molecule has 0 saturated heterocycles. The van der Waals surface area contributed by atoms with Crippen molar-refractivity contribution in [3.05, 3.63) is 45.0 Å². The van der Waals surface area contributed by atoms with Gasteiger partial charge < -0.3 is 24.3 Å². The summed E-state index contributed by atoms with van der Waals surface area (Å²) in [6, 6.07) is 8.33. The van der Waals surface area contributed by atoms with Crippen molar-refractivity contribution in [2.45, 2.75) is 6.92 Å². The highest BCUT2D eigenvalue weighted by Gasteiger charge is 2.12. The van der Waals surface area contributed by atoms with Crippen LogP contribution in [0.15, 0.2) is 35.4 Å². The van der Waals surface area contributed by atoms with E-state index in [1.807, 2.05) is 13.0 Å². The van der Waals surface area contributed by atoms with Crippen LogP contribution in [0.25, 0.3) is 0 Å². The average Bonchev–Trinajstić information content (AvgIpc) is 2.78. The smallest absolute Gasteiger partial charge is 0.259 e. The summed E-state index contributed by atoms with van der Waals surface area (Å²) in [5, 5.41) is 6.45. The molecule has 10 heteroatoms. The number of methoxy groups -OCH3 is 3. The van der Waals surface area contributed by atoms with E-state index in [4.69, 9.17) is 18.9 Å². The molecule has 166 valence electrons. The predicted molar refractivity (Wildman–Crippen MR) is 124 cm³/mol. The summed E-state index contributed by atoms with van der Waals surface area (Å²) in [6.45, 7) is 2.17. The molecule has 0 atom stereocenters. The standard InChI is InChI=1S/C21H24IN3O6/c1-5-31-20-15(22)8-13(9-18(20)30-4)11-24-25-19(26)12-23-21(27)14-6-7-16(28-2)17(10-14)29-3/h6-11H,5,12H2,1-4H3,(H,23,27)(H,25,26). The Balaban J connectivity index is 1.93. The van der Waals surface area contributed by atoms with E-state index >= 15 is 0 Å². The molecule has 0 heterocycles. The summed E-state index contributed by atoms with van der Waals surface area (Å²) in [4.78, 5) is 24.2. The molecule has 2 aromatic carbocycles. The molecule has 0 aromatic heterocycles. The summed E-state index contributed by atoms with van der Waals surface area (Å²) in [5.74, 6) is 1.26. The summed E-state index contributed by atoms with van der Waals surface area (Å²) >= 11 is 2.14. The highest BCUT2D eigenvalue weighted by molar-refractivity contribution is 14.1. The second-order valence-corrected chi connectivity index (χ2v) is 7.17. The maximum atomic E-state index is 12.3. The fraction of sp³-hybridized carbons (Fsp3) is 0.286. The lowest BCUT2D eigenvalue weighted by atomic mass is 10.2. The molecule has 9 nitrogen and oxygen atoms in total. The van der Waals surface area contributed by atoms with Crippen molar-refractivity contribution < 1.29 is 28.5 Å². The highest BCUT2D eigenvalue weighted by Crippen LogP contribution is 2.33. The molecule has 0 radical (unpaired) electrons. The molecular weight excluding hydrogens is 517 g/mol. The Morgan fingerprint density at radius 2 is 1.74 bits per heavy atom. The third-order valence-electron chi connectivity index (χ3n) is 4.00. The topological polar surface area (TPSA) is 107 Å². The number of halogens is 1. The number of rotatable bonds is 10. The van der Waals surface area contributed by atoms with Crippen LogP contribution in [0.4, 0.5) is 0 Å². The normalized spacial score (nSPS) is 10.5. The summed E-state index contributed by atoms with van der Waals surface area (Å²) < 4.78 is 22.1. The lowest BCUT2D eigenvalue weighted by molar-refractivity contribution is -0.120. The number of ether oxygens (including phenoxy) is 4. The molecule has 0 fully saturated rings. The van der Waals surface area contributed by atoms with Gasteiger partial charge in [-0.2, -0.15) is 5.10 Å². The number of carbonyl (C=O) groups excluding carboxylic acids is 2. The first kappa shape index (κ1) is 24.3. The number of hydrogen-bond acceptors (Lipinski definition) is 7. The first-order chi connectivity index (χ1) is 14.9. The van der Waals surface area contributed by atoms with Gasteiger partial charge in [0.05, 0.1) is 44.3 Å². The van der Waals surface area contributed by atoms with Gasteiger partial charge in [0.15, 0.2) is 23.0 Å². The van der Waals surface area contributed by atoms with Gasteiger partial charge in [-0.25, -0.2) is 5.43 Å². The van der Waals surface area contributed by atoms with Crippen LogP contribution in [0.3, 0.4) is 0 Å². The molecular formula is C21H24IN3O6. The van der Waals surface area contributed by atoms with Crippen LogP contribution >= 0.6 is 22.6 Å². The molecule has 2 rings (SSSR count). The Morgan fingerprint density at radius 3 is 2.39 bits per heavy atom. The number of carbonyl (C=O) groups is 2. The third kappa shape index (κ3) is 6.74. The minimum Gasteiger partial charge on any atom is -0.493 e. The largest absolute Gasteiger partial charge is 0.493 e. The molecule has 2 amide bonds. The molecule has 0 aliphatic carbocycles. The molecule has 0 saturated carbocycles. The molecule has 2 aromatic rings. The van der Waals surface area contributed by atoms with E-state index in [0.29, 0.717) is 35.2 Å². The number of nitrogens with one attached hydrogen (secondary N) is 2. The van der Waals surface area contributed by atoms with Gasteiger partial charge in [0.1, 0.15) is 0 Å². The van der Waals surface area contributed by atoms with Crippen LogP contribution in [-0.2, 0) is 4.79 Å². The molecule has 2 N–H and O–H groups in total. The van der Waals surface area contributed by atoms with Crippen LogP contribution in [0.5, 0.6) is 23.0 Å². The number of hydrazone groups is 1. The van der Waals surface area contributed by atoms with Gasteiger partial charge in [-0.05, 0) is 65.4 Å². The summed E-state index contributed by atoms with van der Waals surface area (Å²) in [6.07, 6.45) is 1.48. The van der Waals surface area contributed by atoms with Gasteiger partial charge in [-0.3, -0.25) is 9.59 Å². The van der Waals surface area contributed by atoms with E-state index < -0.39 is 11.8 Å². The van der Waals surface area contributed by atoms with Crippen molar-refractivity contribution in [3.8, 4) is 23.0 Å². The number of hydrogen-bond donors (Lipinski definition) is 2. The third-order valence-corrected chi connectivity index (χ3v) is 4.80. The molecule has 0 aliphatic heterocycles. The van der Waals surface area contributed by atoms with Gasteiger partial charge in [0.2, 0.25) is 0 Å². The maximum absolute atomic E-state index is 12.3. The second kappa shape index (κ2) is 12.0. The minimum absolute atomic E-state index is 0.241. The van der Waals surface area contributed by atoms with Crippen molar-refractivity contribution in [3.63, 3.8) is 0 Å². The van der Waals surface area contributed by atoms with Crippen molar-refractivity contribution in [2.24, 2.45) is 5.10 Å². The van der Waals surface area contributed by atoms with Crippen LogP contribution in [0.1, 0.15) is 22.8 Å². The zero-order chi connectivity index (χ0) is 22.8. The quantitative estimate of drug-likeness (QED) is 0.272. The summed E-state index contributed by atoms with van der Waals surface area (Å²) in [7, 11) is 4.54. The van der Waals surface area contributed by atoms with E-state index in [1.54, 1.807) is 25.3 Å². The fourth-order valence-electron chi connectivity index (χ4n) is 2.56. The van der Waals surface area contributed by atoms with Crippen molar-refractivity contribution in [2.75, 3.05) is 34.5 Å². The van der Waals surface area contributed by atoms with Gasteiger partial charge in [-0.15, -0.1) is 0 Å². The first-order valence-corrected chi connectivity index (χ1v) is 10.3. The number of amides is 2. The first-order valence-electron chi connectivity index (χ1n) is 9.25. The van der Waals surface area contributed by atoms with Crippen molar-refractivity contribution in [1.29, 1.82) is 0 Å². The Kier molecular flexibility index (Phi) is 9.38. The second-order valence-electron chi connectivity index (χ2n) is 6.01. The van der Waals surface area contributed by atoms with Gasteiger partial charge in [0.25, 0.3) is 11.8 Å². The van der Waals surface area contributed by atoms with E-state index in [2.05, 4.69) is 38.4 Å². The van der Waals surface area contributed by atoms with Crippen LogP contribution in [0.2, 0.25) is 0 Å². The Hall–Kier alpha value is -3.02. The van der Waals surface area contributed by atoms with Gasteiger partial charge in [-0.1, -0.05) is 0 Å². The van der Waals surface area contributed by atoms with E-state index in [9.17, 15) is 9.59 Å². The molecule has 0 bridgehead atoms. The maximum Gasteiger partial charge on any atom is 0.259 e. The Morgan fingerprint density at radius 1 is 1.03 bits per heavy atom. The molecule has 0 spiro atoms. The Bertz CT molecular complexity index is 964. The van der Waals surface area contributed by atoms with Crippen LogP contribution in [-0.4, -0.2) is 52.5 Å². The monoisotopic (exact) mass is 541 g/mol. The zero-order valence-corrected chi connectivity index (χ0v) is 19.8. The zero-order valence-electron chi connectivity index (χ0n) is 17.7. The predicted octanol–water partition coefficient (Wildman–Crippen LogP) is 2.60. The van der Waals surface area contributed by atoms with Crippen molar-refractivity contribution >= 4 is 40.6 Å². The van der Waals surface area contributed by atoms with Crippen LogP contribution in [0, 0.1) is 3.57 Å². The number of benzene rings is 2. The highest BCUT2D eigenvalue weighted by atomic mass is 127. The SMILES string of the molecule is CCOc1c(I)cc(C=NNC(=O)CNC(=O)c2ccc(OC)c(OC)c2)cc1OC.